The molecule has 0 saturated carbocycles. The molecule has 4 aromatic carbocycles. The lowest BCUT2D eigenvalue weighted by Crippen LogP contribution is -2.58. The van der Waals surface area contributed by atoms with E-state index in [-0.39, 0.29) is 40.7 Å². The molecule has 0 spiro atoms. The Morgan fingerprint density at radius 2 is 1.62 bits per heavy atom. The van der Waals surface area contributed by atoms with Crippen molar-refractivity contribution in [3.05, 3.63) is 120 Å². The maximum Gasteiger partial charge on any atom is 0.262 e. The number of amides is 1. The van der Waals surface area contributed by atoms with Gasteiger partial charge in [0.05, 0.1) is 10.4 Å². The van der Waals surface area contributed by atoms with Gasteiger partial charge in [0, 0.05) is 83.0 Å². The van der Waals surface area contributed by atoms with E-state index >= 15 is 0 Å². The van der Waals surface area contributed by atoms with Crippen LogP contribution in [-0.2, 0) is 16.6 Å². The molecule has 1 fully saturated rings. The Morgan fingerprint density at radius 3 is 2.34 bits per heavy atom. The molecule has 3 N–H and O–H groups in total. The van der Waals surface area contributed by atoms with Crippen LogP contribution >= 0.6 is 0 Å². The van der Waals surface area contributed by atoms with Crippen molar-refractivity contribution in [3.63, 3.8) is 0 Å². The highest BCUT2D eigenvalue weighted by atomic mass is 32.2. The van der Waals surface area contributed by atoms with Crippen molar-refractivity contribution in [2.45, 2.75) is 37.4 Å². The van der Waals surface area contributed by atoms with Crippen LogP contribution in [0.25, 0.3) is 22.0 Å². The van der Waals surface area contributed by atoms with Crippen LogP contribution in [0.5, 0.6) is 0 Å². The fraction of sp³-hybridized carbons (Fsp3) is 0.200. The summed E-state index contributed by atoms with van der Waals surface area (Å²) in [6.45, 7) is 4.42. The number of pyridine rings is 1. The summed E-state index contributed by atoms with van der Waals surface area (Å²) >= 11 is 0. The Morgan fingerprint density at radius 1 is 0.915 bits per heavy atom. The second kappa shape index (κ2) is 12.7. The Kier molecular flexibility index (Phi) is 8.64. The molecule has 242 valence electrons. The summed E-state index contributed by atoms with van der Waals surface area (Å²) in [6, 6.07) is 20.9. The van der Waals surface area contributed by atoms with E-state index in [2.05, 4.69) is 9.71 Å². The molecular formula is C35H32F3N5O3S. The molecule has 1 aliphatic rings. The fourth-order valence-corrected chi connectivity index (χ4v) is 7.54. The van der Waals surface area contributed by atoms with Gasteiger partial charge in [0.25, 0.3) is 15.9 Å². The van der Waals surface area contributed by atoms with Gasteiger partial charge in [-0.05, 0) is 68.4 Å². The zero-order valence-electron chi connectivity index (χ0n) is 25.6. The minimum absolute atomic E-state index is 0.00120. The van der Waals surface area contributed by atoms with E-state index in [0.29, 0.717) is 47.1 Å². The Balaban J connectivity index is 1.18. The molecule has 0 aliphatic carbocycles. The van der Waals surface area contributed by atoms with Crippen molar-refractivity contribution < 1.29 is 26.4 Å². The number of carbonyl (C=O) groups is 1. The van der Waals surface area contributed by atoms with Gasteiger partial charge in [0.1, 0.15) is 5.82 Å². The van der Waals surface area contributed by atoms with Crippen LogP contribution in [0, 0.1) is 17.5 Å². The first kappa shape index (κ1) is 32.0. The van der Waals surface area contributed by atoms with Crippen LogP contribution in [0.4, 0.5) is 24.5 Å². The maximum absolute atomic E-state index is 14.3. The van der Waals surface area contributed by atoms with E-state index in [1.165, 1.54) is 24.3 Å². The molecule has 2 heterocycles. The highest BCUT2D eigenvalue weighted by Crippen LogP contribution is 2.34. The first-order valence-corrected chi connectivity index (χ1v) is 16.4. The lowest BCUT2D eigenvalue weighted by molar-refractivity contribution is 0.0265. The molecule has 1 saturated heterocycles. The van der Waals surface area contributed by atoms with Crippen molar-refractivity contribution in [2.24, 2.45) is 0 Å². The van der Waals surface area contributed by atoms with Crippen molar-refractivity contribution in [3.8, 4) is 11.1 Å². The molecule has 1 amide bonds. The predicted molar refractivity (Wildman–Crippen MR) is 176 cm³/mol. The maximum atomic E-state index is 14.3. The van der Waals surface area contributed by atoms with Crippen LogP contribution in [0.1, 0.15) is 29.8 Å². The number of halogens is 3. The summed E-state index contributed by atoms with van der Waals surface area (Å²) in [7, 11) is -4.10. The van der Waals surface area contributed by atoms with Gasteiger partial charge in [0.2, 0.25) is 0 Å². The smallest absolute Gasteiger partial charge is 0.262 e. The molecule has 6 rings (SSSR count). The van der Waals surface area contributed by atoms with Gasteiger partial charge < -0.3 is 10.6 Å². The van der Waals surface area contributed by atoms with E-state index in [1.54, 1.807) is 41.4 Å². The monoisotopic (exact) mass is 659 g/mol. The summed E-state index contributed by atoms with van der Waals surface area (Å²) < 4.78 is 71.7. The molecular weight excluding hydrogens is 627 g/mol. The largest absolute Gasteiger partial charge is 0.399 e. The molecule has 8 nitrogen and oxygen atoms in total. The number of benzene rings is 4. The SMILES string of the molecule is CC1CN(Cc2cc(F)cc(F)c2F)CC(C)N1C(=O)c1ccc(NS(=O)(=O)c2ccc(N)cc2-c2cccc3cccnc23)cc1. The van der Waals surface area contributed by atoms with Crippen LogP contribution in [-0.4, -0.2) is 54.3 Å². The zero-order chi connectivity index (χ0) is 33.5. The topological polar surface area (TPSA) is 109 Å². The molecule has 47 heavy (non-hydrogen) atoms. The van der Waals surface area contributed by atoms with Crippen molar-refractivity contribution >= 4 is 38.2 Å². The molecule has 0 radical (unpaired) electrons. The molecule has 1 aliphatic heterocycles. The van der Waals surface area contributed by atoms with Crippen LogP contribution in [0.2, 0.25) is 0 Å². The first-order chi connectivity index (χ1) is 22.4. The number of hydrogen-bond acceptors (Lipinski definition) is 6. The van der Waals surface area contributed by atoms with Crippen LogP contribution in [0.15, 0.2) is 96.0 Å². The number of para-hydroxylation sites is 1. The summed E-state index contributed by atoms with van der Waals surface area (Å²) in [5.41, 5.74) is 8.66. The molecule has 5 aromatic rings. The molecule has 1 aromatic heterocycles. The highest BCUT2D eigenvalue weighted by Gasteiger charge is 2.34. The predicted octanol–water partition coefficient (Wildman–Crippen LogP) is 6.44. The number of piperazine rings is 1. The third-order valence-corrected chi connectivity index (χ3v) is 9.73. The van der Waals surface area contributed by atoms with Crippen LogP contribution < -0.4 is 10.5 Å². The molecule has 0 bridgehead atoms. The lowest BCUT2D eigenvalue weighted by Gasteiger charge is -2.44. The number of fused-ring (bicyclic) bond motifs is 1. The average Bonchev–Trinajstić information content (AvgIpc) is 3.02. The number of nitrogen functional groups attached to an aromatic ring is 1. The third-order valence-electron chi connectivity index (χ3n) is 8.29. The Hall–Kier alpha value is -4.94. The minimum atomic E-state index is -4.10. The van der Waals surface area contributed by atoms with Gasteiger partial charge in [-0.15, -0.1) is 0 Å². The van der Waals surface area contributed by atoms with Crippen molar-refractivity contribution in [1.82, 2.24) is 14.8 Å². The number of anilines is 2. The van der Waals surface area contributed by atoms with Crippen LogP contribution in [0.3, 0.4) is 0 Å². The summed E-state index contributed by atoms with van der Waals surface area (Å²) in [6.07, 6.45) is 1.64. The Labute approximate surface area is 270 Å². The number of sulfonamides is 1. The standard InChI is InChI=1S/C35H32F3N5O3S/c1-21-18-42(20-25-15-26(36)16-31(37)33(25)38)19-22(2)43(21)35(44)24-8-11-28(12-9-24)41-47(45,46)32-13-10-27(39)17-30(32)29-7-3-5-23-6-4-14-40-34(23)29/h3-17,21-22,41H,18-20,39H2,1-2H3. The minimum Gasteiger partial charge on any atom is -0.399 e. The number of aromatic nitrogens is 1. The second-order valence-electron chi connectivity index (χ2n) is 11.8. The molecule has 12 heteroatoms. The van der Waals surface area contributed by atoms with Gasteiger partial charge in [-0.2, -0.15) is 0 Å². The summed E-state index contributed by atoms with van der Waals surface area (Å²) in [5, 5.41) is 0.852. The van der Waals surface area contributed by atoms with Crippen molar-refractivity contribution in [2.75, 3.05) is 23.5 Å². The molecule has 2 unspecified atom stereocenters. The quantitative estimate of drug-likeness (QED) is 0.154. The highest BCUT2D eigenvalue weighted by molar-refractivity contribution is 7.92. The second-order valence-corrected chi connectivity index (χ2v) is 13.4. The number of nitrogens with zero attached hydrogens (tertiary/aromatic N) is 3. The van der Waals surface area contributed by atoms with E-state index in [9.17, 15) is 26.4 Å². The van der Waals surface area contributed by atoms with E-state index in [1.807, 2.05) is 36.9 Å². The van der Waals surface area contributed by atoms with Gasteiger partial charge in [0.15, 0.2) is 11.6 Å². The zero-order valence-corrected chi connectivity index (χ0v) is 26.4. The first-order valence-electron chi connectivity index (χ1n) is 15.0. The number of hydrogen-bond donors (Lipinski definition) is 2. The van der Waals surface area contributed by atoms with Gasteiger partial charge in [-0.25, -0.2) is 21.6 Å². The Bertz CT molecular complexity index is 2080. The van der Waals surface area contributed by atoms with Gasteiger partial charge >= 0.3 is 0 Å². The summed E-state index contributed by atoms with van der Waals surface area (Å²) in [5.74, 6) is -3.43. The normalized spacial score (nSPS) is 17.2. The van der Waals surface area contributed by atoms with Gasteiger partial charge in [-0.1, -0.05) is 24.3 Å². The van der Waals surface area contributed by atoms with E-state index in [4.69, 9.17) is 5.73 Å². The van der Waals surface area contributed by atoms with Gasteiger partial charge in [-0.3, -0.25) is 19.4 Å². The number of nitrogens with two attached hydrogens (primary N) is 1. The van der Waals surface area contributed by atoms with E-state index in [0.717, 1.165) is 11.5 Å². The number of rotatable bonds is 7. The molecule has 2 atom stereocenters. The fourth-order valence-electron chi connectivity index (χ4n) is 6.28. The third kappa shape index (κ3) is 6.51. The number of nitrogens with one attached hydrogen (secondary N) is 1. The lowest BCUT2D eigenvalue weighted by atomic mass is 10.0. The summed E-state index contributed by atoms with van der Waals surface area (Å²) in [4.78, 5) is 21.6. The van der Waals surface area contributed by atoms with Crippen molar-refractivity contribution in [1.29, 1.82) is 0 Å². The average molecular weight is 660 g/mol. The number of carbonyl (C=O) groups excluding carboxylic acids is 1. The van der Waals surface area contributed by atoms with E-state index < -0.39 is 27.5 Å².